The van der Waals surface area contributed by atoms with Crippen molar-refractivity contribution in [3.63, 3.8) is 0 Å². The molecule has 1 aliphatic rings. The Morgan fingerprint density at radius 1 is 0.933 bits per heavy atom. The highest BCUT2D eigenvalue weighted by atomic mass is 16.5. The molecular weight excluding hydrogens is 380 g/mol. The third kappa shape index (κ3) is 3.98. The molecule has 4 rings (SSSR count). The van der Waals surface area contributed by atoms with Gasteiger partial charge < -0.3 is 14.5 Å². The average molecular weight is 406 g/mol. The summed E-state index contributed by atoms with van der Waals surface area (Å²) < 4.78 is 7.01. The van der Waals surface area contributed by atoms with Gasteiger partial charge in [0.2, 0.25) is 0 Å². The topological polar surface area (TPSA) is 76.4 Å². The van der Waals surface area contributed by atoms with Crippen molar-refractivity contribution in [3.05, 3.63) is 59.2 Å². The highest BCUT2D eigenvalue weighted by molar-refractivity contribution is 5.94. The molecule has 2 aromatic heterocycles. The lowest BCUT2D eigenvalue weighted by Crippen LogP contribution is -2.49. The van der Waals surface area contributed by atoms with Crippen LogP contribution in [0.25, 0.3) is 5.82 Å². The van der Waals surface area contributed by atoms with Gasteiger partial charge in [-0.25, -0.2) is 14.6 Å². The van der Waals surface area contributed by atoms with E-state index in [1.807, 2.05) is 66.8 Å². The molecule has 3 aromatic rings. The molecule has 0 radical (unpaired) electrons. The van der Waals surface area contributed by atoms with Crippen LogP contribution < -0.4 is 9.64 Å². The molecule has 0 spiro atoms. The van der Waals surface area contributed by atoms with Crippen molar-refractivity contribution in [1.29, 1.82) is 0 Å². The second-order valence-electron chi connectivity index (χ2n) is 7.48. The lowest BCUT2D eigenvalue weighted by atomic mass is 10.1. The van der Waals surface area contributed by atoms with Crippen LogP contribution in [-0.4, -0.2) is 63.8 Å². The molecule has 0 N–H and O–H groups in total. The summed E-state index contributed by atoms with van der Waals surface area (Å²) in [5.74, 6) is 3.11. The minimum atomic E-state index is 0.0412. The Morgan fingerprint density at radius 3 is 2.20 bits per heavy atom. The number of piperazine rings is 1. The Labute approximate surface area is 176 Å². The van der Waals surface area contributed by atoms with Gasteiger partial charge in [-0.3, -0.25) is 4.79 Å². The summed E-state index contributed by atoms with van der Waals surface area (Å²) in [7, 11) is 1.62. The van der Waals surface area contributed by atoms with E-state index in [9.17, 15) is 4.79 Å². The maximum Gasteiger partial charge on any atom is 0.253 e. The molecular formula is C22H26N6O2. The van der Waals surface area contributed by atoms with Gasteiger partial charge in [0.1, 0.15) is 17.4 Å². The van der Waals surface area contributed by atoms with Crippen LogP contribution in [-0.2, 0) is 0 Å². The Kier molecular flexibility index (Phi) is 5.39. The third-order valence-corrected chi connectivity index (χ3v) is 5.27. The van der Waals surface area contributed by atoms with Gasteiger partial charge in [0.15, 0.2) is 5.82 Å². The number of nitrogens with zero attached hydrogens (tertiary/aromatic N) is 6. The zero-order chi connectivity index (χ0) is 21.3. The fourth-order valence-electron chi connectivity index (χ4n) is 3.72. The zero-order valence-corrected chi connectivity index (χ0v) is 17.8. The van der Waals surface area contributed by atoms with E-state index in [2.05, 4.69) is 20.0 Å². The summed E-state index contributed by atoms with van der Waals surface area (Å²) in [4.78, 5) is 26.1. The molecule has 0 unspecified atom stereocenters. The summed E-state index contributed by atoms with van der Waals surface area (Å²) in [6.45, 7) is 8.59. The van der Waals surface area contributed by atoms with Crippen molar-refractivity contribution < 1.29 is 9.53 Å². The molecule has 30 heavy (non-hydrogen) atoms. The maximum absolute atomic E-state index is 12.8. The van der Waals surface area contributed by atoms with E-state index in [0.29, 0.717) is 24.5 Å². The van der Waals surface area contributed by atoms with Crippen molar-refractivity contribution in [2.45, 2.75) is 20.8 Å². The van der Waals surface area contributed by atoms with E-state index in [-0.39, 0.29) is 5.91 Å². The number of hydrogen-bond donors (Lipinski definition) is 0. The fourth-order valence-corrected chi connectivity index (χ4v) is 3.72. The van der Waals surface area contributed by atoms with Crippen molar-refractivity contribution in [3.8, 4) is 11.6 Å². The normalized spacial score (nSPS) is 14.1. The van der Waals surface area contributed by atoms with E-state index in [0.717, 1.165) is 41.9 Å². The van der Waals surface area contributed by atoms with Crippen molar-refractivity contribution in [1.82, 2.24) is 24.6 Å². The van der Waals surface area contributed by atoms with Gasteiger partial charge in [0.25, 0.3) is 5.91 Å². The minimum Gasteiger partial charge on any atom is -0.497 e. The summed E-state index contributed by atoms with van der Waals surface area (Å²) in [6, 6.07) is 11.2. The van der Waals surface area contributed by atoms with Crippen LogP contribution in [0.15, 0.2) is 36.4 Å². The molecule has 1 aromatic carbocycles. The standard InChI is InChI=1S/C22H26N6O2/c1-15-13-16(2)28(25-15)21-14-20(23-17(3)24-21)26-9-11-27(12-10-26)22(29)18-5-7-19(30-4)8-6-18/h5-8,13-14H,9-12H2,1-4H3. The van der Waals surface area contributed by atoms with Crippen LogP contribution in [0.3, 0.4) is 0 Å². The number of carbonyl (C=O) groups excluding carboxylic acids is 1. The van der Waals surface area contributed by atoms with E-state index >= 15 is 0 Å². The number of rotatable bonds is 4. The first-order chi connectivity index (χ1) is 14.4. The lowest BCUT2D eigenvalue weighted by molar-refractivity contribution is 0.0746. The van der Waals surface area contributed by atoms with Gasteiger partial charge in [-0.2, -0.15) is 5.10 Å². The average Bonchev–Trinajstić information content (AvgIpc) is 3.11. The van der Waals surface area contributed by atoms with E-state index in [1.54, 1.807) is 7.11 Å². The molecule has 1 saturated heterocycles. The fraction of sp³-hybridized carbons (Fsp3) is 0.364. The van der Waals surface area contributed by atoms with Crippen LogP contribution in [0.5, 0.6) is 5.75 Å². The molecule has 0 bridgehead atoms. The van der Waals surface area contributed by atoms with Crippen LogP contribution in [0.4, 0.5) is 5.82 Å². The molecule has 0 saturated carbocycles. The highest BCUT2D eigenvalue weighted by Crippen LogP contribution is 2.20. The number of methoxy groups -OCH3 is 1. The molecule has 1 amide bonds. The second kappa shape index (κ2) is 8.14. The number of amides is 1. The van der Waals surface area contributed by atoms with Gasteiger partial charge >= 0.3 is 0 Å². The van der Waals surface area contributed by atoms with Crippen LogP contribution in [0.2, 0.25) is 0 Å². The number of anilines is 1. The van der Waals surface area contributed by atoms with E-state index < -0.39 is 0 Å². The van der Waals surface area contributed by atoms with Crippen LogP contribution >= 0.6 is 0 Å². The molecule has 8 heteroatoms. The van der Waals surface area contributed by atoms with Crippen molar-refractivity contribution in [2.75, 3.05) is 38.2 Å². The SMILES string of the molecule is COc1ccc(C(=O)N2CCN(c3cc(-n4nc(C)cc4C)nc(C)n3)CC2)cc1. The van der Waals surface area contributed by atoms with Crippen molar-refractivity contribution in [2.24, 2.45) is 0 Å². The van der Waals surface area contributed by atoms with Gasteiger partial charge in [0, 0.05) is 43.5 Å². The predicted octanol–water partition coefficient (Wildman–Crippen LogP) is 2.56. The second-order valence-corrected chi connectivity index (χ2v) is 7.48. The molecule has 156 valence electrons. The van der Waals surface area contributed by atoms with Crippen LogP contribution in [0, 0.1) is 20.8 Å². The number of benzene rings is 1. The third-order valence-electron chi connectivity index (χ3n) is 5.27. The molecule has 8 nitrogen and oxygen atoms in total. The lowest BCUT2D eigenvalue weighted by Gasteiger charge is -2.35. The molecule has 0 atom stereocenters. The minimum absolute atomic E-state index is 0.0412. The Balaban J connectivity index is 1.47. The summed E-state index contributed by atoms with van der Waals surface area (Å²) in [5.41, 5.74) is 2.66. The number of ether oxygens (including phenoxy) is 1. The largest absolute Gasteiger partial charge is 0.497 e. The molecule has 1 fully saturated rings. The first-order valence-corrected chi connectivity index (χ1v) is 10.0. The Bertz CT molecular complexity index is 1050. The number of carbonyl (C=O) groups is 1. The highest BCUT2D eigenvalue weighted by Gasteiger charge is 2.23. The van der Waals surface area contributed by atoms with Crippen molar-refractivity contribution >= 4 is 11.7 Å². The summed E-state index contributed by atoms with van der Waals surface area (Å²) in [6.07, 6.45) is 0. The van der Waals surface area contributed by atoms with Crippen LogP contribution in [0.1, 0.15) is 27.6 Å². The van der Waals surface area contributed by atoms with Gasteiger partial charge in [-0.05, 0) is 51.1 Å². The summed E-state index contributed by atoms with van der Waals surface area (Å²) >= 11 is 0. The first-order valence-electron chi connectivity index (χ1n) is 10.0. The first kappa shape index (κ1) is 19.9. The monoisotopic (exact) mass is 406 g/mol. The Morgan fingerprint density at radius 2 is 1.60 bits per heavy atom. The quantitative estimate of drug-likeness (QED) is 0.663. The van der Waals surface area contributed by atoms with Gasteiger partial charge in [-0.15, -0.1) is 0 Å². The van der Waals surface area contributed by atoms with Gasteiger partial charge in [-0.1, -0.05) is 0 Å². The number of hydrogen-bond acceptors (Lipinski definition) is 6. The number of aryl methyl sites for hydroxylation is 3. The zero-order valence-electron chi connectivity index (χ0n) is 17.8. The Hall–Kier alpha value is -3.42. The predicted molar refractivity (Wildman–Crippen MR) is 114 cm³/mol. The molecule has 3 heterocycles. The number of aromatic nitrogens is 4. The van der Waals surface area contributed by atoms with Gasteiger partial charge in [0.05, 0.1) is 12.8 Å². The summed E-state index contributed by atoms with van der Waals surface area (Å²) in [5, 5.41) is 4.54. The molecule has 0 aliphatic carbocycles. The van der Waals surface area contributed by atoms with E-state index in [4.69, 9.17) is 4.74 Å². The smallest absolute Gasteiger partial charge is 0.253 e. The van der Waals surface area contributed by atoms with E-state index in [1.165, 1.54) is 0 Å². The molecule has 1 aliphatic heterocycles. The maximum atomic E-state index is 12.8.